The van der Waals surface area contributed by atoms with Gasteiger partial charge in [-0.15, -0.1) is 0 Å². The summed E-state index contributed by atoms with van der Waals surface area (Å²) in [5, 5.41) is 8.84. The molecule has 4 heteroatoms. The average molecular weight is 269 g/mol. The summed E-state index contributed by atoms with van der Waals surface area (Å²) in [7, 11) is 0. The Bertz CT molecular complexity index is 672. The van der Waals surface area contributed by atoms with Crippen molar-refractivity contribution in [2.75, 3.05) is 6.61 Å². The molecule has 0 aliphatic rings. The zero-order valence-corrected chi connectivity index (χ0v) is 10.9. The van der Waals surface area contributed by atoms with E-state index in [0.717, 1.165) is 0 Å². The fraction of sp³-hybridized carbons (Fsp3) is 0.125. The minimum absolute atomic E-state index is 0.305. The summed E-state index contributed by atoms with van der Waals surface area (Å²) >= 11 is 0. The fourth-order valence-corrected chi connectivity index (χ4v) is 1.82. The molecule has 0 N–H and O–H groups in total. The largest absolute Gasteiger partial charge is 0.462 e. The molecular weight excluding hydrogens is 257 g/mol. The molecule has 0 heterocycles. The summed E-state index contributed by atoms with van der Waals surface area (Å²) in [4.78, 5) is 11.5. The third-order valence-electron chi connectivity index (χ3n) is 2.80. The molecule has 0 atom stereocenters. The van der Waals surface area contributed by atoms with E-state index in [1.807, 2.05) is 6.07 Å². The molecule has 100 valence electrons. The van der Waals surface area contributed by atoms with Gasteiger partial charge in [-0.2, -0.15) is 5.26 Å². The Kier molecular flexibility index (Phi) is 4.11. The first-order chi connectivity index (χ1) is 9.65. The van der Waals surface area contributed by atoms with Gasteiger partial charge in [-0.25, -0.2) is 9.18 Å². The molecular formula is C16H12FNO2. The molecule has 0 amide bonds. The normalized spacial score (nSPS) is 9.85. The van der Waals surface area contributed by atoms with Crippen LogP contribution < -0.4 is 0 Å². The highest BCUT2D eigenvalue weighted by Crippen LogP contribution is 2.24. The zero-order valence-electron chi connectivity index (χ0n) is 10.9. The molecule has 3 nitrogen and oxygen atoms in total. The first kappa shape index (κ1) is 13.8. The van der Waals surface area contributed by atoms with Crippen LogP contribution in [-0.4, -0.2) is 12.6 Å². The van der Waals surface area contributed by atoms with Crippen LogP contribution in [0.15, 0.2) is 42.5 Å². The van der Waals surface area contributed by atoms with Crippen LogP contribution >= 0.6 is 0 Å². The van der Waals surface area contributed by atoms with E-state index in [2.05, 4.69) is 0 Å². The number of nitriles is 1. The van der Waals surface area contributed by atoms with Gasteiger partial charge in [-0.3, -0.25) is 0 Å². The van der Waals surface area contributed by atoms with Crippen LogP contribution in [0.1, 0.15) is 22.8 Å². The van der Waals surface area contributed by atoms with Crippen molar-refractivity contribution < 1.29 is 13.9 Å². The Morgan fingerprint density at radius 1 is 1.25 bits per heavy atom. The smallest absolute Gasteiger partial charge is 0.338 e. The number of carbonyl (C=O) groups excluding carboxylic acids is 1. The van der Waals surface area contributed by atoms with Crippen molar-refractivity contribution in [2.45, 2.75) is 6.92 Å². The number of carbonyl (C=O) groups is 1. The van der Waals surface area contributed by atoms with E-state index >= 15 is 0 Å². The van der Waals surface area contributed by atoms with Gasteiger partial charge < -0.3 is 4.74 Å². The van der Waals surface area contributed by atoms with Crippen LogP contribution in [0.4, 0.5) is 4.39 Å². The number of hydrogen-bond donors (Lipinski definition) is 0. The summed E-state index contributed by atoms with van der Waals surface area (Å²) in [6.45, 7) is 2.04. The minimum atomic E-state index is -0.412. The van der Waals surface area contributed by atoms with Crippen molar-refractivity contribution in [2.24, 2.45) is 0 Å². The lowest BCUT2D eigenvalue weighted by Gasteiger charge is -2.06. The number of nitrogens with zero attached hydrogens (tertiary/aromatic N) is 1. The Labute approximate surface area is 116 Å². The Balaban J connectivity index is 2.35. The molecule has 0 radical (unpaired) electrons. The molecule has 0 saturated carbocycles. The van der Waals surface area contributed by atoms with Crippen molar-refractivity contribution in [3.05, 3.63) is 59.4 Å². The van der Waals surface area contributed by atoms with Gasteiger partial charge in [0.25, 0.3) is 0 Å². The van der Waals surface area contributed by atoms with E-state index in [-0.39, 0.29) is 0 Å². The van der Waals surface area contributed by atoms with Crippen LogP contribution in [0.5, 0.6) is 0 Å². The molecule has 0 saturated heterocycles. The van der Waals surface area contributed by atoms with Crippen LogP contribution in [-0.2, 0) is 4.74 Å². The van der Waals surface area contributed by atoms with Crippen molar-refractivity contribution in [1.82, 2.24) is 0 Å². The van der Waals surface area contributed by atoms with E-state index in [1.165, 1.54) is 18.2 Å². The lowest BCUT2D eigenvalue weighted by Crippen LogP contribution is -2.04. The van der Waals surface area contributed by atoms with Gasteiger partial charge in [0.15, 0.2) is 0 Å². The van der Waals surface area contributed by atoms with Gasteiger partial charge >= 0.3 is 5.97 Å². The second kappa shape index (κ2) is 5.98. The average Bonchev–Trinajstić information content (AvgIpc) is 2.48. The van der Waals surface area contributed by atoms with Crippen LogP contribution in [0.2, 0.25) is 0 Å². The molecule has 0 aromatic heterocycles. The molecule has 20 heavy (non-hydrogen) atoms. The van der Waals surface area contributed by atoms with Crippen LogP contribution in [0.3, 0.4) is 0 Å². The van der Waals surface area contributed by atoms with Gasteiger partial charge in [-0.05, 0) is 42.8 Å². The van der Waals surface area contributed by atoms with Crippen molar-refractivity contribution >= 4 is 5.97 Å². The highest BCUT2D eigenvalue weighted by Gasteiger charge is 2.09. The lowest BCUT2D eigenvalue weighted by atomic mass is 10.0. The number of hydrogen-bond acceptors (Lipinski definition) is 3. The van der Waals surface area contributed by atoms with E-state index in [1.54, 1.807) is 31.2 Å². The maximum absolute atomic E-state index is 13.8. The van der Waals surface area contributed by atoms with E-state index in [0.29, 0.717) is 28.9 Å². The van der Waals surface area contributed by atoms with E-state index in [4.69, 9.17) is 10.00 Å². The van der Waals surface area contributed by atoms with Crippen molar-refractivity contribution in [3.63, 3.8) is 0 Å². The van der Waals surface area contributed by atoms with Gasteiger partial charge in [-0.1, -0.05) is 12.1 Å². The second-order valence-electron chi connectivity index (χ2n) is 4.10. The number of halogens is 1. The topological polar surface area (TPSA) is 50.1 Å². The lowest BCUT2D eigenvalue weighted by molar-refractivity contribution is 0.0526. The number of esters is 1. The Morgan fingerprint density at radius 3 is 2.55 bits per heavy atom. The summed E-state index contributed by atoms with van der Waals surface area (Å²) < 4.78 is 18.6. The van der Waals surface area contributed by atoms with Crippen molar-refractivity contribution in [3.8, 4) is 17.2 Å². The van der Waals surface area contributed by atoms with E-state index < -0.39 is 11.8 Å². The standard InChI is InChI=1S/C16H12FNO2/c1-2-20-16(19)13-6-4-12(5-7-13)14-9-11(10-18)3-8-15(14)17/h3-9H,2H2,1H3. The Morgan fingerprint density at radius 2 is 1.95 bits per heavy atom. The highest BCUT2D eigenvalue weighted by molar-refractivity contribution is 5.90. The first-order valence-corrected chi connectivity index (χ1v) is 6.13. The third kappa shape index (κ3) is 2.83. The first-order valence-electron chi connectivity index (χ1n) is 6.13. The van der Waals surface area contributed by atoms with Crippen LogP contribution in [0, 0.1) is 17.1 Å². The summed E-state index contributed by atoms with van der Waals surface area (Å²) in [5.74, 6) is -0.821. The molecule has 0 bridgehead atoms. The van der Waals surface area contributed by atoms with Gasteiger partial charge in [0.05, 0.1) is 23.8 Å². The number of rotatable bonds is 3. The number of benzene rings is 2. The quantitative estimate of drug-likeness (QED) is 0.801. The summed E-state index contributed by atoms with van der Waals surface area (Å²) in [5.41, 5.74) is 1.73. The third-order valence-corrected chi connectivity index (χ3v) is 2.80. The maximum Gasteiger partial charge on any atom is 0.338 e. The maximum atomic E-state index is 13.8. The monoisotopic (exact) mass is 269 g/mol. The summed E-state index contributed by atoms with van der Waals surface area (Å²) in [6.07, 6.45) is 0. The number of ether oxygens (including phenoxy) is 1. The van der Waals surface area contributed by atoms with E-state index in [9.17, 15) is 9.18 Å². The van der Waals surface area contributed by atoms with Gasteiger partial charge in [0, 0.05) is 5.56 Å². The molecule has 2 aromatic carbocycles. The van der Waals surface area contributed by atoms with Gasteiger partial charge in [0.2, 0.25) is 0 Å². The predicted molar refractivity (Wildman–Crippen MR) is 72.5 cm³/mol. The molecule has 2 aromatic rings. The molecule has 0 aliphatic heterocycles. The minimum Gasteiger partial charge on any atom is -0.462 e. The highest BCUT2D eigenvalue weighted by atomic mass is 19.1. The SMILES string of the molecule is CCOC(=O)c1ccc(-c2cc(C#N)ccc2F)cc1. The van der Waals surface area contributed by atoms with Crippen molar-refractivity contribution in [1.29, 1.82) is 5.26 Å². The zero-order chi connectivity index (χ0) is 14.5. The molecule has 0 aliphatic carbocycles. The molecule has 0 fully saturated rings. The van der Waals surface area contributed by atoms with Crippen LogP contribution in [0.25, 0.3) is 11.1 Å². The summed E-state index contributed by atoms with van der Waals surface area (Å²) in [6, 6.07) is 12.5. The molecule has 0 unspecified atom stereocenters. The fourth-order valence-electron chi connectivity index (χ4n) is 1.82. The predicted octanol–water partition coefficient (Wildman–Crippen LogP) is 3.54. The molecule has 0 spiro atoms. The molecule has 2 rings (SSSR count). The second-order valence-corrected chi connectivity index (χ2v) is 4.10. The Hall–Kier alpha value is -2.67. The van der Waals surface area contributed by atoms with Gasteiger partial charge in [0.1, 0.15) is 5.82 Å².